The Morgan fingerprint density at radius 3 is 2.41 bits per heavy atom. The molecule has 2 fully saturated rings. The van der Waals surface area contributed by atoms with Crippen LogP contribution in [0.1, 0.15) is 42.9 Å². The molecule has 0 radical (unpaired) electrons. The smallest absolute Gasteiger partial charge is 0.318 e. The van der Waals surface area contributed by atoms with Gasteiger partial charge in [-0.05, 0) is 68.0 Å². The third kappa shape index (κ3) is 4.34. The Hall–Kier alpha value is -2.69. The molecule has 5 heteroatoms. The zero-order chi connectivity index (χ0) is 20.2. The molecule has 2 aromatic carbocycles. The maximum Gasteiger partial charge on any atom is 0.318 e. The Balaban J connectivity index is 1.33. The topological polar surface area (TPSA) is 44.8 Å². The molecule has 0 spiro atoms. The van der Waals surface area contributed by atoms with Gasteiger partial charge in [-0.25, -0.2) is 4.79 Å². The Labute approximate surface area is 173 Å². The molecule has 29 heavy (non-hydrogen) atoms. The molecular formula is C24H31N3O2. The Bertz CT molecular complexity index is 828. The predicted octanol–water partition coefficient (Wildman–Crippen LogP) is 4.52. The number of rotatable bonds is 4. The second-order valence-electron chi connectivity index (χ2n) is 8.12. The van der Waals surface area contributed by atoms with E-state index in [4.69, 9.17) is 4.74 Å². The number of carbonyl (C=O) groups is 1. The van der Waals surface area contributed by atoms with E-state index in [0.29, 0.717) is 0 Å². The highest BCUT2D eigenvalue weighted by Gasteiger charge is 2.32. The molecule has 154 valence electrons. The summed E-state index contributed by atoms with van der Waals surface area (Å²) in [6.07, 6.45) is 4.07. The van der Waals surface area contributed by atoms with Crippen molar-refractivity contribution in [2.45, 2.75) is 44.7 Å². The van der Waals surface area contributed by atoms with Crippen LogP contribution in [-0.2, 0) is 0 Å². The molecule has 2 aliphatic rings. The second kappa shape index (κ2) is 8.76. The van der Waals surface area contributed by atoms with E-state index < -0.39 is 0 Å². The lowest BCUT2D eigenvalue weighted by Crippen LogP contribution is -2.49. The standard InChI is InChI=1S/C24H31N3O2/c1-18-6-3-4-7-22(18)23-8-5-15-27(23)24(28)25-19-13-16-26(17-14-19)20-9-11-21(29-2)12-10-20/h3-4,6-7,9-12,19,23H,5,8,13-17H2,1-2H3,(H,25,28). The predicted molar refractivity (Wildman–Crippen MR) is 117 cm³/mol. The van der Waals surface area contributed by atoms with E-state index >= 15 is 0 Å². The van der Waals surface area contributed by atoms with E-state index in [0.717, 1.165) is 51.1 Å². The first kappa shape index (κ1) is 19.6. The van der Waals surface area contributed by atoms with Crippen LogP contribution in [0, 0.1) is 6.92 Å². The average Bonchev–Trinajstić information content (AvgIpc) is 3.24. The van der Waals surface area contributed by atoms with Gasteiger partial charge in [0.05, 0.1) is 13.2 Å². The highest BCUT2D eigenvalue weighted by atomic mass is 16.5. The summed E-state index contributed by atoms with van der Waals surface area (Å²) in [5.41, 5.74) is 3.77. The van der Waals surface area contributed by atoms with Crippen LogP contribution in [0.2, 0.25) is 0 Å². The molecule has 0 saturated carbocycles. The quantitative estimate of drug-likeness (QED) is 0.831. The van der Waals surface area contributed by atoms with Gasteiger partial charge in [0.1, 0.15) is 5.75 Å². The molecule has 0 aliphatic carbocycles. The summed E-state index contributed by atoms with van der Waals surface area (Å²) >= 11 is 0. The van der Waals surface area contributed by atoms with Crippen LogP contribution in [0.15, 0.2) is 48.5 Å². The van der Waals surface area contributed by atoms with Crippen molar-refractivity contribution in [3.63, 3.8) is 0 Å². The van der Waals surface area contributed by atoms with Crippen LogP contribution >= 0.6 is 0 Å². The first-order valence-corrected chi connectivity index (χ1v) is 10.7. The number of benzene rings is 2. The number of aryl methyl sites for hydroxylation is 1. The van der Waals surface area contributed by atoms with Crippen LogP contribution in [0.25, 0.3) is 0 Å². The van der Waals surface area contributed by atoms with E-state index in [1.165, 1.54) is 16.8 Å². The number of methoxy groups -OCH3 is 1. The van der Waals surface area contributed by atoms with Crippen molar-refractivity contribution in [1.29, 1.82) is 0 Å². The van der Waals surface area contributed by atoms with Gasteiger partial charge in [-0.2, -0.15) is 0 Å². The molecule has 5 nitrogen and oxygen atoms in total. The number of nitrogens with zero attached hydrogens (tertiary/aromatic N) is 2. The lowest BCUT2D eigenvalue weighted by molar-refractivity contribution is 0.186. The maximum absolute atomic E-state index is 13.0. The van der Waals surface area contributed by atoms with E-state index in [1.807, 2.05) is 17.0 Å². The van der Waals surface area contributed by atoms with Crippen molar-refractivity contribution in [2.24, 2.45) is 0 Å². The van der Waals surface area contributed by atoms with Gasteiger partial charge in [-0.3, -0.25) is 0 Å². The van der Waals surface area contributed by atoms with Gasteiger partial charge in [0, 0.05) is 31.4 Å². The van der Waals surface area contributed by atoms with Crippen molar-refractivity contribution in [2.75, 3.05) is 31.6 Å². The number of likely N-dealkylation sites (tertiary alicyclic amines) is 1. The maximum atomic E-state index is 13.0. The van der Waals surface area contributed by atoms with Crippen molar-refractivity contribution in [1.82, 2.24) is 10.2 Å². The summed E-state index contributed by atoms with van der Waals surface area (Å²) in [7, 11) is 1.69. The number of ether oxygens (including phenoxy) is 1. The van der Waals surface area contributed by atoms with Crippen LogP contribution in [-0.4, -0.2) is 43.7 Å². The minimum atomic E-state index is 0.0960. The number of urea groups is 1. The molecule has 0 aromatic heterocycles. The number of amides is 2. The molecule has 2 heterocycles. The lowest BCUT2D eigenvalue weighted by Gasteiger charge is -2.35. The number of hydrogen-bond acceptors (Lipinski definition) is 3. The number of carbonyl (C=O) groups excluding carboxylic acids is 1. The van der Waals surface area contributed by atoms with Crippen LogP contribution < -0.4 is 15.0 Å². The molecule has 1 atom stereocenters. The molecule has 2 saturated heterocycles. The summed E-state index contributed by atoms with van der Waals surface area (Å²) in [6.45, 7) is 4.89. The number of anilines is 1. The van der Waals surface area contributed by atoms with Crippen LogP contribution in [0.3, 0.4) is 0 Å². The molecule has 2 aromatic rings. The van der Waals surface area contributed by atoms with Gasteiger partial charge in [0.25, 0.3) is 0 Å². The van der Waals surface area contributed by atoms with Gasteiger partial charge < -0.3 is 19.9 Å². The van der Waals surface area contributed by atoms with Gasteiger partial charge in [0.2, 0.25) is 0 Å². The lowest BCUT2D eigenvalue weighted by atomic mass is 9.99. The third-order valence-corrected chi connectivity index (χ3v) is 6.32. The fraction of sp³-hybridized carbons (Fsp3) is 0.458. The number of nitrogens with one attached hydrogen (secondary N) is 1. The van der Waals surface area contributed by atoms with E-state index in [-0.39, 0.29) is 18.1 Å². The molecule has 2 aliphatic heterocycles. The minimum Gasteiger partial charge on any atom is -0.497 e. The highest BCUT2D eigenvalue weighted by Crippen LogP contribution is 2.33. The second-order valence-corrected chi connectivity index (χ2v) is 8.12. The molecule has 1 unspecified atom stereocenters. The van der Waals surface area contributed by atoms with E-state index in [9.17, 15) is 4.79 Å². The summed E-state index contributed by atoms with van der Waals surface area (Å²) in [5, 5.41) is 3.31. The van der Waals surface area contributed by atoms with Crippen molar-refractivity contribution < 1.29 is 9.53 Å². The molecular weight excluding hydrogens is 362 g/mol. The zero-order valence-corrected chi connectivity index (χ0v) is 17.4. The zero-order valence-electron chi connectivity index (χ0n) is 17.4. The van der Waals surface area contributed by atoms with Gasteiger partial charge >= 0.3 is 6.03 Å². The summed E-state index contributed by atoms with van der Waals surface area (Å²) in [6, 6.07) is 17.2. The van der Waals surface area contributed by atoms with E-state index in [1.54, 1.807) is 7.11 Å². The third-order valence-electron chi connectivity index (χ3n) is 6.32. The van der Waals surface area contributed by atoms with Crippen molar-refractivity contribution in [3.8, 4) is 5.75 Å². The summed E-state index contributed by atoms with van der Waals surface area (Å²) in [4.78, 5) is 17.4. The first-order valence-electron chi connectivity index (χ1n) is 10.7. The van der Waals surface area contributed by atoms with Gasteiger partial charge in [-0.1, -0.05) is 24.3 Å². The Morgan fingerprint density at radius 2 is 1.72 bits per heavy atom. The van der Waals surface area contributed by atoms with Crippen molar-refractivity contribution >= 4 is 11.7 Å². The van der Waals surface area contributed by atoms with Gasteiger partial charge in [0.15, 0.2) is 0 Å². The number of piperidine rings is 1. The van der Waals surface area contributed by atoms with Crippen LogP contribution in [0.5, 0.6) is 5.75 Å². The molecule has 4 rings (SSSR count). The normalized spacial score (nSPS) is 20.0. The first-order chi connectivity index (χ1) is 14.2. The van der Waals surface area contributed by atoms with E-state index in [2.05, 4.69) is 53.5 Å². The Morgan fingerprint density at radius 1 is 1.00 bits per heavy atom. The number of hydrogen-bond donors (Lipinski definition) is 1. The SMILES string of the molecule is COc1ccc(N2CCC(NC(=O)N3CCCC3c3ccccc3C)CC2)cc1. The highest BCUT2D eigenvalue weighted by molar-refractivity contribution is 5.75. The van der Waals surface area contributed by atoms with Crippen molar-refractivity contribution in [3.05, 3.63) is 59.7 Å². The minimum absolute atomic E-state index is 0.0960. The fourth-order valence-electron chi connectivity index (χ4n) is 4.63. The average molecular weight is 394 g/mol. The molecule has 2 amide bonds. The van der Waals surface area contributed by atoms with Crippen LogP contribution in [0.4, 0.5) is 10.5 Å². The fourth-order valence-corrected chi connectivity index (χ4v) is 4.63. The largest absolute Gasteiger partial charge is 0.497 e. The summed E-state index contributed by atoms with van der Waals surface area (Å²) < 4.78 is 5.24. The summed E-state index contributed by atoms with van der Waals surface area (Å²) in [5.74, 6) is 0.879. The molecule has 0 bridgehead atoms. The monoisotopic (exact) mass is 393 g/mol. The molecule has 1 N–H and O–H groups in total. The van der Waals surface area contributed by atoms with Gasteiger partial charge in [-0.15, -0.1) is 0 Å². The Kier molecular flexibility index (Phi) is 5.93.